The van der Waals surface area contributed by atoms with Crippen LogP contribution in [0.1, 0.15) is 38.4 Å². The zero-order chi connectivity index (χ0) is 22.2. The lowest BCUT2D eigenvalue weighted by Gasteiger charge is -2.38. The Kier molecular flexibility index (Phi) is 6.10. The Labute approximate surface area is 188 Å². The maximum absolute atomic E-state index is 12.4. The van der Waals surface area contributed by atoms with Gasteiger partial charge >= 0.3 is 0 Å². The highest BCUT2D eigenvalue weighted by Crippen LogP contribution is 2.53. The number of benzene rings is 2. The van der Waals surface area contributed by atoms with Crippen molar-refractivity contribution in [3.8, 4) is 11.3 Å². The van der Waals surface area contributed by atoms with Gasteiger partial charge in [0.05, 0.1) is 17.1 Å². The number of pyridine rings is 1. The van der Waals surface area contributed by atoms with Gasteiger partial charge < -0.3 is 4.90 Å². The average Bonchev–Trinajstić information content (AvgIpc) is 2.77. The van der Waals surface area contributed by atoms with E-state index in [1.807, 2.05) is 48.5 Å². The molecule has 3 aromatic rings. The van der Waals surface area contributed by atoms with Crippen LogP contribution in [0.25, 0.3) is 11.3 Å². The number of hydrogen-bond donors (Lipinski definition) is 1. The van der Waals surface area contributed by atoms with Gasteiger partial charge in [-0.2, -0.15) is 8.42 Å². The van der Waals surface area contributed by atoms with E-state index in [-0.39, 0.29) is 6.42 Å². The van der Waals surface area contributed by atoms with Gasteiger partial charge in [-0.3, -0.25) is 9.54 Å². The molecule has 31 heavy (non-hydrogen) atoms. The van der Waals surface area contributed by atoms with Crippen LogP contribution in [0.3, 0.4) is 0 Å². The van der Waals surface area contributed by atoms with Gasteiger partial charge in [0.2, 0.25) is 0 Å². The second-order valence-electron chi connectivity index (χ2n) is 7.49. The summed E-state index contributed by atoms with van der Waals surface area (Å²) in [6.45, 7) is 5.94. The highest BCUT2D eigenvalue weighted by Gasteiger charge is 2.37. The third-order valence-corrected chi connectivity index (χ3v) is 7.95. The lowest BCUT2D eigenvalue weighted by Crippen LogP contribution is -2.39. The number of fused-ring (bicyclic) bond motifs is 2. The summed E-state index contributed by atoms with van der Waals surface area (Å²) in [6.07, 6.45) is 1.87. The van der Waals surface area contributed by atoms with Gasteiger partial charge in [0.25, 0.3) is 10.1 Å². The molecule has 0 amide bonds. The molecule has 0 fully saturated rings. The number of rotatable bonds is 6. The summed E-state index contributed by atoms with van der Waals surface area (Å²) < 4.78 is 35.0. The minimum absolute atomic E-state index is 0.245. The van der Waals surface area contributed by atoms with E-state index in [2.05, 4.69) is 19.9 Å². The molecular formula is C24H26N2O3S2. The van der Waals surface area contributed by atoms with Crippen LogP contribution < -0.4 is 4.90 Å². The van der Waals surface area contributed by atoms with Gasteiger partial charge in [-0.05, 0) is 49.1 Å². The van der Waals surface area contributed by atoms with E-state index in [9.17, 15) is 13.0 Å². The van der Waals surface area contributed by atoms with Crippen LogP contribution in [0.15, 0.2) is 64.4 Å². The Morgan fingerprint density at radius 3 is 2.39 bits per heavy atom. The molecule has 1 N–H and O–H groups in total. The summed E-state index contributed by atoms with van der Waals surface area (Å²) >= 11 is 1.61. The molecule has 1 aliphatic heterocycles. The number of nitrogens with zero attached hydrogens (tertiary/aromatic N) is 2. The van der Waals surface area contributed by atoms with Crippen molar-refractivity contribution in [2.24, 2.45) is 0 Å². The van der Waals surface area contributed by atoms with Crippen LogP contribution >= 0.6 is 11.8 Å². The predicted octanol–water partition coefficient (Wildman–Crippen LogP) is 6.10. The molecule has 0 radical (unpaired) electrons. The van der Waals surface area contributed by atoms with E-state index >= 15 is 0 Å². The topological polar surface area (TPSA) is 70.5 Å². The Balaban J connectivity index is 2.04. The Hall–Kier alpha value is -2.35. The van der Waals surface area contributed by atoms with Gasteiger partial charge in [-0.1, -0.05) is 62.9 Å². The van der Waals surface area contributed by atoms with Crippen molar-refractivity contribution in [2.45, 2.75) is 55.2 Å². The highest BCUT2D eigenvalue weighted by molar-refractivity contribution is 7.99. The normalized spacial score (nSPS) is 14.1. The first-order valence-corrected chi connectivity index (χ1v) is 12.9. The monoisotopic (exact) mass is 454 g/mol. The van der Waals surface area contributed by atoms with Gasteiger partial charge in [-0.15, -0.1) is 0 Å². The summed E-state index contributed by atoms with van der Waals surface area (Å²) in [5.74, 6) is 0. The molecule has 0 saturated heterocycles. The number of hydrogen-bond acceptors (Lipinski definition) is 5. The maximum atomic E-state index is 12.4. The molecule has 0 bridgehead atoms. The minimum Gasteiger partial charge on any atom is -0.319 e. The predicted molar refractivity (Wildman–Crippen MR) is 127 cm³/mol. The van der Waals surface area contributed by atoms with Gasteiger partial charge in [-0.25, -0.2) is 0 Å². The first kappa shape index (κ1) is 21.9. The number of aromatic nitrogens is 1. The van der Waals surface area contributed by atoms with Crippen LogP contribution in [-0.2, 0) is 23.0 Å². The van der Waals surface area contributed by atoms with Crippen molar-refractivity contribution in [3.63, 3.8) is 0 Å². The highest BCUT2D eigenvalue weighted by atomic mass is 32.2. The molecular weight excluding hydrogens is 428 g/mol. The molecule has 5 nitrogen and oxygen atoms in total. The first-order valence-electron chi connectivity index (χ1n) is 10.5. The van der Waals surface area contributed by atoms with Crippen LogP contribution in [-0.4, -0.2) is 23.3 Å². The molecule has 0 saturated carbocycles. The molecule has 162 valence electrons. The lowest BCUT2D eigenvalue weighted by atomic mass is 10.00. The van der Waals surface area contributed by atoms with Crippen LogP contribution in [0.5, 0.6) is 0 Å². The average molecular weight is 455 g/mol. The van der Waals surface area contributed by atoms with Crippen molar-refractivity contribution in [2.75, 3.05) is 4.90 Å². The molecule has 4 rings (SSSR count). The number of anilines is 2. The first-order chi connectivity index (χ1) is 14.9. The number of para-hydroxylation sites is 2. The second-order valence-corrected chi connectivity index (χ2v) is 10.1. The van der Waals surface area contributed by atoms with Crippen molar-refractivity contribution in [1.29, 1.82) is 0 Å². The van der Waals surface area contributed by atoms with Crippen molar-refractivity contribution < 1.29 is 13.0 Å². The van der Waals surface area contributed by atoms with E-state index in [1.165, 1.54) is 0 Å². The third-order valence-electron chi connectivity index (χ3n) is 5.60. The fourth-order valence-electron chi connectivity index (χ4n) is 4.09. The summed E-state index contributed by atoms with van der Waals surface area (Å²) in [7, 11) is -4.33. The Morgan fingerprint density at radius 1 is 0.968 bits per heavy atom. The van der Waals surface area contributed by atoms with Crippen LogP contribution in [0.2, 0.25) is 0 Å². The summed E-state index contributed by atoms with van der Waals surface area (Å²) in [6, 6.07) is 17.9. The SMILES string of the molecule is CCc1ccc(CC)c(-c2cccc3c2N(C(CC)S(=O)(=O)O)c2ccccc2S3)n1. The van der Waals surface area contributed by atoms with Gasteiger partial charge in [0.15, 0.2) is 5.37 Å². The standard InChI is InChI=1S/C24H26N2O3S2/c1-4-16-14-15-17(5-2)25-23(16)18-10-9-13-21-24(18)26(22(6-3)31(27,28)29)19-11-7-8-12-20(19)30-21/h7-15,22H,4-6H2,1-3H3,(H,27,28,29). The third kappa shape index (κ3) is 3.97. The van der Waals surface area contributed by atoms with E-state index < -0.39 is 15.5 Å². The molecule has 1 aliphatic rings. The van der Waals surface area contributed by atoms with Crippen LogP contribution in [0, 0.1) is 0 Å². The summed E-state index contributed by atoms with van der Waals surface area (Å²) in [5, 5.41) is -1.09. The molecule has 7 heteroatoms. The van der Waals surface area contributed by atoms with Crippen LogP contribution in [0.4, 0.5) is 11.4 Å². The quantitative estimate of drug-likeness (QED) is 0.454. The van der Waals surface area contributed by atoms with E-state index in [1.54, 1.807) is 23.6 Å². The van der Waals surface area contributed by atoms with Gasteiger partial charge in [0, 0.05) is 21.0 Å². The molecule has 0 spiro atoms. The van der Waals surface area contributed by atoms with Crippen molar-refractivity contribution in [1.82, 2.24) is 4.98 Å². The zero-order valence-electron chi connectivity index (χ0n) is 17.9. The van der Waals surface area contributed by atoms with Gasteiger partial charge in [0.1, 0.15) is 0 Å². The zero-order valence-corrected chi connectivity index (χ0v) is 19.5. The number of aryl methyl sites for hydroxylation is 2. The molecule has 2 aromatic carbocycles. The van der Waals surface area contributed by atoms with E-state index in [4.69, 9.17) is 4.98 Å². The second kappa shape index (κ2) is 8.65. The Morgan fingerprint density at radius 2 is 1.71 bits per heavy atom. The van der Waals surface area contributed by atoms with Crippen molar-refractivity contribution in [3.05, 3.63) is 65.9 Å². The van der Waals surface area contributed by atoms with E-state index in [0.29, 0.717) is 0 Å². The summed E-state index contributed by atoms with van der Waals surface area (Å²) in [4.78, 5) is 8.62. The maximum Gasteiger partial charge on any atom is 0.286 e. The fourth-order valence-corrected chi connectivity index (χ4v) is 6.11. The Bertz CT molecular complexity index is 1230. The smallest absolute Gasteiger partial charge is 0.286 e. The van der Waals surface area contributed by atoms with E-state index in [0.717, 1.165) is 56.5 Å². The molecule has 1 aromatic heterocycles. The molecule has 1 atom stereocenters. The largest absolute Gasteiger partial charge is 0.319 e. The summed E-state index contributed by atoms with van der Waals surface area (Å²) in [5.41, 5.74) is 5.41. The molecule has 1 unspecified atom stereocenters. The van der Waals surface area contributed by atoms with Crippen molar-refractivity contribution >= 4 is 33.3 Å². The fraction of sp³-hybridized carbons (Fsp3) is 0.292. The molecule has 0 aliphatic carbocycles. The minimum atomic E-state index is -4.33. The molecule has 2 heterocycles. The lowest BCUT2D eigenvalue weighted by molar-refractivity contribution is 0.464.